The summed E-state index contributed by atoms with van der Waals surface area (Å²) >= 11 is 0. The first-order chi connectivity index (χ1) is 15.3. The van der Waals surface area contributed by atoms with Crippen LogP contribution in [0.1, 0.15) is 31.2 Å². The molecule has 0 atom stereocenters. The Labute approximate surface area is 205 Å². The van der Waals surface area contributed by atoms with Crippen molar-refractivity contribution < 1.29 is 9.26 Å². The molecule has 3 aromatic rings. The third-order valence-electron chi connectivity index (χ3n) is 4.89. The topological polar surface area (TPSA) is 97.5 Å². The number of para-hydroxylation sites is 1. The average molecular weight is 548 g/mol. The first kappa shape index (κ1) is 24.0. The van der Waals surface area contributed by atoms with Crippen LogP contribution < -0.4 is 15.4 Å². The number of guanidine groups is 1. The zero-order valence-corrected chi connectivity index (χ0v) is 20.5. The summed E-state index contributed by atoms with van der Waals surface area (Å²) in [6.07, 6.45) is 4.87. The third kappa shape index (κ3) is 7.18. The SMILES string of the molecule is CCNC(=NCc1ccccc1OCC1CC1)NCCc1noc(-c2ccccn2)n1.I. The molecule has 9 heteroatoms. The molecule has 1 saturated carbocycles. The fraction of sp³-hybridized carbons (Fsp3) is 0.391. The second kappa shape index (κ2) is 12.4. The van der Waals surface area contributed by atoms with Crippen LogP contribution in [0.15, 0.2) is 58.2 Å². The lowest BCUT2D eigenvalue weighted by atomic mass is 10.2. The molecular formula is C23H29IN6O2. The number of aromatic nitrogens is 3. The molecule has 1 fully saturated rings. The lowest BCUT2D eigenvalue weighted by Gasteiger charge is -2.12. The van der Waals surface area contributed by atoms with Gasteiger partial charge < -0.3 is 19.9 Å². The van der Waals surface area contributed by atoms with Gasteiger partial charge in [-0.1, -0.05) is 29.4 Å². The minimum Gasteiger partial charge on any atom is -0.493 e. The van der Waals surface area contributed by atoms with Crippen molar-refractivity contribution in [2.75, 3.05) is 19.7 Å². The van der Waals surface area contributed by atoms with Gasteiger partial charge in [0.1, 0.15) is 11.4 Å². The van der Waals surface area contributed by atoms with Gasteiger partial charge in [-0.3, -0.25) is 4.98 Å². The zero-order chi connectivity index (χ0) is 21.3. The number of ether oxygens (including phenoxy) is 1. The van der Waals surface area contributed by atoms with Crippen LogP contribution in [-0.4, -0.2) is 40.8 Å². The maximum Gasteiger partial charge on any atom is 0.276 e. The number of rotatable bonds is 10. The summed E-state index contributed by atoms with van der Waals surface area (Å²) in [5, 5.41) is 10.6. The molecule has 0 unspecified atom stereocenters. The van der Waals surface area contributed by atoms with Gasteiger partial charge in [-0.15, -0.1) is 24.0 Å². The monoisotopic (exact) mass is 548 g/mol. The van der Waals surface area contributed by atoms with E-state index < -0.39 is 0 Å². The van der Waals surface area contributed by atoms with E-state index in [-0.39, 0.29) is 24.0 Å². The Hall–Kier alpha value is -2.69. The number of nitrogens with one attached hydrogen (secondary N) is 2. The Kier molecular flexibility index (Phi) is 9.27. The number of hydrogen-bond donors (Lipinski definition) is 2. The van der Waals surface area contributed by atoms with Crippen LogP contribution in [-0.2, 0) is 13.0 Å². The Morgan fingerprint density at radius 2 is 2.00 bits per heavy atom. The van der Waals surface area contributed by atoms with Gasteiger partial charge in [-0.25, -0.2) is 4.99 Å². The van der Waals surface area contributed by atoms with Gasteiger partial charge in [-0.2, -0.15) is 4.98 Å². The van der Waals surface area contributed by atoms with Crippen molar-refractivity contribution >= 4 is 29.9 Å². The number of halogens is 1. The molecule has 0 saturated heterocycles. The van der Waals surface area contributed by atoms with Crippen LogP contribution in [0.2, 0.25) is 0 Å². The molecule has 170 valence electrons. The number of benzene rings is 1. The zero-order valence-electron chi connectivity index (χ0n) is 18.2. The van der Waals surface area contributed by atoms with Crippen molar-refractivity contribution in [2.45, 2.75) is 32.7 Å². The minimum absolute atomic E-state index is 0. The Bertz CT molecular complexity index is 991. The van der Waals surface area contributed by atoms with E-state index in [2.05, 4.69) is 31.8 Å². The molecule has 1 aliphatic rings. The van der Waals surface area contributed by atoms with Gasteiger partial charge in [0.25, 0.3) is 5.89 Å². The molecule has 0 amide bonds. The number of nitrogens with zero attached hydrogens (tertiary/aromatic N) is 4. The summed E-state index contributed by atoms with van der Waals surface area (Å²) in [6, 6.07) is 13.7. The van der Waals surface area contributed by atoms with Gasteiger partial charge in [0.05, 0.1) is 13.2 Å². The van der Waals surface area contributed by atoms with E-state index in [9.17, 15) is 0 Å². The fourth-order valence-corrected chi connectivity index (χ4v) is 3.01. The highest BCUT2D eigenvalue weighted by molar-refractivity contribution is 14.0. The van der Waals surface area contributed by atoms with Crippen LogP contribution in [0.5, 0.6) is 5.75 Å². The molecule has 0 bridgehead atoms. The summed E-state index contributed by atoms with van der Waals surface area (Å²) in [6.45, 7) is 4.79. The van der Waals surface area contributed by atoms with Crippen molar-refractivity contribution in [2.24, 2.45) is 10.9 Å². The molecule has 32 heavy (non-hydrogen) atoms. The van der Waals surface area contributed by atoms with Crippen molar-refractivity contribution in [3.63, 3.8) is 0 Å². The van der Waals surface area contributed by atoms with Gasteiger partial charge in [-0.05, 0) is 43.9 Å². The normalized spacial score (nSPS) is 13.3. The summed E-state index contributed by atoms with van der Waals surface area (Å²) < 4.78 is 11.3. The number of hydrogen-bond acceptors (Lipinski definition) is 6. The molecule has 1 aliphatic carbocycles. The van der Waals surface area contributed by atoms with Crippen LogP contribution in [0.4, 0.5) is 0 Å². The molecule has 4 rings (SSSR count). The Morgan fingerprint density at radius 3 is 2.78 bits per heavy atom. The van der Waals surface area contributed by atoms with E-state index >= 15 is 0 Å². The maximum absolute atomic E-state index is 5.99. The number of pyridine rings is 1. The summed E-state index contributed by atoms with van der Waals surface area (Å²) in [4.78, 5) is 13.4. The van der Waals surface area contributed by atoms with Crippen LogP contribution in [0.3, 0.4) is 0 Å². The molecule has 2 heterocycles. The van der Waals surface area contributed by atoms with Crippen molar-refractivity contribution in [3.8, 4) is 17.3 Å². The van der Waals surface area contributed by atoms with E-state index in [1.807, 2.05) is 43.3 Å². The molecule has 1 aromatic carbocycles. The quantitative estimate of drug-likeness (QED) is 0.226. The maximum atomic E-state index is 5.99. The van der Waals surface area contributed by atoms with E-state index in [0.29, 0.717) is 36.9 Å². The van der Waals surface area contributed by atoms with Crippen LogP contribution in [0.25, 0.3) is 11.6 Å². The summed E-state index contributed by atoms with van der Waals surface area (Å²) in [7, 11) is 0. The van der Waals surface area contributed by atoms with E-state index in [4.69, 9.17) is 14.3 Å². The highest BCUT2D eigenvalue weighted by Gasteiger charge is 2.22. The predicted molar refractivity (Wildman–Crippen MR) is 134 cm³/mol. The molecule has 8 nitrogen and oxygen atoms in total. The van der Waals surface area contributed by atoms with Gasteiger partial charge in [0.2, 0.25) is 0 Å². The standard InChI is InChI=1S/C23H28N6O2.HI/c1-2-24-23(27-15-18-7-3-4-9-20(18)30-16-17-10-11-17)26-14-12-21-28-22(31-29-21)19-8-5-6-13-25-19;/h3-9,13,17H,2,10-12,14-16H2,1H3,(H2,24,26,27);1H. The summed E-state index contributed by atoms with van der Waals surface area (Å²) in [5.41, 5.74) is 1.75. The first-order valence-electron chi connectivity index (χ1n) is 10.8. The molecule has 2 aromatic heterocycles. The highest BCUT2D eigenvalue weighted by atomic mass is 127. The van der Waals surface area contributed by atoms with E-state index in [0.717, 1.165) is 36.3 Å². The van der Waals surface area contributed by atoms with Gasteiger partial charge >= 0.3 is 0 Å². The third-order valence-corrected chi connectivity index (χ3v) is 4.89. The molecular weight excluding hydrogens is 519 g/mol. The second-order valence-electron chi connectivity index (χ2n) is 7.46. The van der Waals surface area contributed by atoms with Crippen molar-refractivity contribution in [1.29, 1.82) is 0 Å². The van der Waals surface area contributed by atoms with Crippen molar-refractivity contribution in [3.05, 3.63) is 60.0 Å². The smallest absolute Gasteiger partial charge is 0.276 e. The van der Waals surface area contributed by atoms with E-state index in [1.165, 1.54) is 12.8 Å². The largest absolute Gasteiger partial charge is 0.493 e. The molecule has 0 aliphatic heterocycles. The second-order valence-corrected chi connectivity index (χ2v) is 7.46. The lowest BCUT2D eigenvalue weighted by Crippen LogP contribution is -2.38. The fourth-order valence-electron chi connectivity index (χ4n) is 3.01. The van der Waals surface area contributed by atoms with E-state index in [1.54, 1.807) is 6.20 Å². The summed E-state index contributed by atoms with van der Waals surface area (Å²) in [5.74, 6) is 3.44. The molecule has 2 N–H and O–H groups in total. The molecule has 0 spiro atoms. The lowest BCUT2D eigenvalue weighted by molar-refractivity contribution is 0.297. The first-order valence-corrected chi connectivity index (χ1v) is 10.8. The highest BCUT2D eigenvalue weighted by Crippen LogP contribution is 2.30. The average Bonchev–Trinajstić information content (AvgIpc) is 3.52. The van der Waals surface area contributed by atoms with Crippen LogP contribution in [0, 0.1) is 5.92 Å². The Morgan fingerprint density at radius 1 is 1.16 bits per heavy atom. The van der Waals surface area contributed by atoms with Gasteiger partial charge in [0.15, 0.2) is 11.8 Å². The predicted octanol–water partition coefficient (Wildman–Crippen LogP) is 3.84. The Balaban J connectivity index is 0.00000289. The number of aliphatic imine (C=N–C) groups is 1. The van der Waals surface area contributed by atoms with Gasteiger partial charge in [0, 0.05) is 31.3 Å². The van der Waals surface area contributed by atoms with Crippen LogP contribution >= 0.6 is 24.0 Å². The minimum atomic E-state index is 0. The molecule has 0 radical (unpaired) electrons. The van der Waals surface area contributed by atoms with Crippen molar-refractivity contribution in [1.82, 2.24) is 25.8 Å².